The number of hydrogen-bond acceptors (Lipinski definition) is 6. The summed E-state index contributed by atoms with van der Waals surface area (Å²) in [6.45, 7) is 10.6. The summed E-state index contributed by atoms with van der Waals surface area (Å²) in [4.78, 5) is 0. The largest absolute Gasteiger partial charge is 0.378 e. The van der Waals surface area contributed by atoms with E-state index in [1.807, 2.05) is 17.9 Å². The van der Waals surface area contributed by atoms with Crippen LogP contribution in [0.2, 0.25) is 0 Å². The first-order valence-corrected chi connectivity index (χ1v) is 8.12. The van der Waals surface area contributed by atoms with E-state index in [2.05, 4.69) is 34.8 Å². The summed E-state index contributed by atoms with van der Waals surface area (Å²) in [5.74, 6) is 0.679. The summed E-state index contributed by atoms with van der Waals surface area (Å²) in [5.41, 5.74) is 1.13. The van der Waals surface area contributed by atoms with Crippen LogP contribution in [0.4, 0.5) is 0 Å². The van der Waals surface area contributed by atoms with Gasteiger partial charge >= 0.3 is 0 Å². The first kappa shape index (κ1) is 19.0. The number of rotatable bonds is 14. The van der Waals surface area contributed by atoms with E-state index in [1.165, 1.54) is 0 Å². The van der Waals surface area contributed by atoms with Crippen molar-refractivity contribution in [1.82, 2.24) is 25.6 Å². The van der Waals surface area contributed by atoms with Crippen molar-refractivity contribution in [3.05, 3.63) is 11.9 Å². The number of likely N-dealkylation sites (N-methyl/N-ethyl adjacent to an activating group) is 1. The summed E-state index contributed by atoms with van der Waals surface area (Å²) in [6, 6.07) is 0. The first-order chi connectivity index (χ1) is 10.7. The number of nitrogens with zero attached hydrogens (tertiary/aromatic N) is 3. The van der Waals surface area contributed by atoms with Crippen LogP contribution in [0, 0.1) is 5.92 Å². The Morgan fingerprint density at radius 2 is 1.91 bits per heavy atom. The normalized spacial score (nSPS) is 11.5. The van der Waals surface area contributed by atoms with Crippen molar-refractivity contribution in [3.8, 4) is 0 Å². The molecule has 0 aromatic carbocycles. The molecule has 0 radical (unpaired) electrons. The van der Waals surface area contributed by atoms with Gasteiger partial charge in [-0.15, -0.1) is 5.10 Å². The second-order valence-electron chi connectivity index (χ2n) is 5.62. The summed E-state index contributed by atoms with van der Waals surface area (Å²) < 4.78 is 13.0. The van der Waals surface area contributed by atoms with Gasteiger partial charge in [0.15, 0.2) is 0 Å². The molecule has 0 atom stereocenters. The molecule has 0 saturated carbocycles. The van der Waals surface area contributed by atoms with Gasteiger partial charge in [0, 0.05) is 19.5 Å². The molecule has 0 saturated heterocycles. The summed E-state index contributed by atoms with van der Waals surface area (Å²) in [7, 11) is 1.94. The zero-order valence-electron chi connectivity index (χ0n) is 14.2. The number of aromatic nitrogens is 3. The molecule has 7 heteroatoms. The molecule has 1 rings (SSSR count). The molecule has 0 aliphatic carbocycles. The maximum absolute atomic E-state index is 5.56. The summed E-state index contributed by atoms with van der Waals surface area (Å²) in [6.07, 6.45) is 2.74. The monoisotopic (exact) mass is 313 g/mol. The molecule has 0 amide bonds. The highest BCUT2D eigenvalue weighted by Crippen LogP contribution is 1.97. The molecular weight excluding hydrogens is 282 g/mol. The van der Waals surface area contributed by atoms with Crippen LogP contribution in [0.1, 0.15) is 19.5 Å². The maximum atomic E-state index is 5.56. The van der Waals surface area contributed by atoms with E-state index in [0.29, 0.717) is 25.7 Å². The van der Waals surface area contributed by atoms with Crippen LogP contribution in [0.5, 0.6) is 0 Å². The van der Waals surface area contributed by atoms with E-state index in [9.17, 15) is 0 Å². The summed E-state index contributed by atoms with van der Waals surface area (Å²) in [5, 5.41) is 14.5. The average Bonchev–Trinajstić information content (AvgIpc) is 2.94. The highest BCUT2D eigenvalue weighted by Gasteiger charge is 2.02. The van der Waals surface area contributed by atoms with Crippen LogP contribution in [0.15, 0.2) is 6.20 Å². The zero-order chi connectivity index (χ0) is 16.0. The van der Waals surface area contributed by atoms with Gasteiger partial charge < -0.3 is 20.1 Å². The molecule has 128 valence electrons. The highest BCUT2D eigenvalue weighted by atomic mass is 16.5. The molecule has 0 aliphatic heterocycles. The Morgan fingerprint density at radius 1 is 1.14 bits per heavy atom. The zero-order valence-corrected chi connectivity index (χ0v) is 14.2. The Labute approximate surface area is 133 Å². The van der Waals surface area contributed by atoms with Crippen molar-refractivity contribution in [1.29, 1.82) is 0 Å². The van der Waals surface area contributed by atoms with E-state index >= 15 is 0 Å². The Morgan fingerprint density at radius 3 is 2.64 bits per heavy atom. The van der Waals surface area contributed by atoms with Gasteiger partial charge in [0.25, 0.3) is 0 Å². The fourth-order valence-corrected chi connectivity index (χ4v) is 1.92. The minimum atomic E-state index is 0.616. The highest BCUT2D eigenvalue weighted by molar-refractivity contribution is 4.94. The first-order valence-electron chi connectivity index (χ1n) is 8.12. The van der Waals surface area contributed by atoms with Crippen molar-refractivity contribution in [3.63, 3.8) is 0 Å². The van der Waals surface area contributed by atoms with Gasteiger partial charge in [-0.05, 0) is 19.5 Å². The lowest BCUT2D eigenvalue weighted by molar-refractivity contribution is 0.0446. The van der Waals surface area contributed by atoms with Crippen molar-refractivity contribution in [2.45, 2.75) is 26.8 Å². The molecule has 0 fully saturated rings. The third-order valence-electron chi connectivity index (χ3n) is 3.12. The van der Waals surface area contributed by atoms with Crippen LogP contribution in [0.3, 0.4) is 0 Å². The van der Waals surface area contributed by atoms with Crippen molar-refractivity contribution in [2.24, 2.45) is 5.92 Å². The van der Waals surface area contributed by atoms with E-state index in [4.69, 9.17) is 9.47 Å². The number of hydrogen-bond donors (Lipinski definition) is 2. The minimum absolute atomic E-state index is 0.616. The lowest BCUT2D eigenvalue weighted by Gasteiger charge is -2.09. The molecule has 0 spiro atoms. The standard InChI is InChI=1S/C15H31N5O2/c1-14(2)12-17-6-8-21-10-11-22-9-7-20-15(4-5-16-3)13-18-19-20/h13-14,16-17H,4-12H2,1-3H3. The smallest absolute Gasteiger partial charge is 0.0725 e. The predicted molar refractivity (Wildman–Crippen MR) is 87.0 cm³/mol. The van der Waals surface area contributed by atoms with Crippen LogP contribution in [0.25, 0.3) is 0 Å². The fourth-order valence-electron chi connectivity index (χ4n) is 1.92. The van der Waals surface area contributed by atoms with Gasteiger partial charge in [-0.2, -0.15) is 0 Å². The third-order valence-corrected chi connectivity index (χ3v) is 3.12. The van der Waals surface area contributed by atoms with Gasteiger partial charge in [-0.1, -0.05) is 19.1 Å². The fraction of sp³-hybridized carbons (Fsp3) is 0.867. The Kier molecular flexibility index (Phi) is 10.8. The minimum Gasteiger partial charge on any atom is -0.378 e. The molecule has 7 nitrogen and oxygen atoms in total. The van der Waals surface area contributed by atoms with Gasteiger partial charge in [0.1, 0.15) is 0 Å². The SMILES string of the molecule is CNCCc1cnnn1CCOCCOCCNCC(C)C. The van der Waals surface area contributed by atoms with Crippen LogP contribution in [-0.4, -0.2) is 68.1 Å². The Hall–Kier alpha value is -1.02. The van der Waals surface area contributed by atoms with E-state index in [-0.39, 0.29) is 0 Å². The predicted octanol–water partition coefficient (Wildman–Crippen LogP) is 0.319. The molecule has 0 unspecified atom stereocenters. The van der Waals surface area contributed by atoms with Crippen molar-refractivity contribution >= 4 is 0 Å². The van der Waals surface area contributed by atoms with Gasteiger partial charge in [0.05, 0.1) is 44.9 Å². The molecule has 22 heavy (non-hydrogen) atoms. The third kappa shape index (κ3) is 9.09. The lowest BCUT2D eigenvalue weighted by atomic mass is 10.2. The topological polar surface area (TPSA) is 73.2 Å². The van der Waals surface area contributed by atoms with Crippen LogP contribution >= 0.6 is 0 Å². The van der Waals surface area contributed by atoms with E-state index < -0.39 is 0 Å². The molecule has 1 aromatic rings. The molecule has 1 aromatic heterocycles. The van der Waals surface area contributed by atoms with Crippen molar-refractivity contribution < 1.29 is 9.47 Å². The molecule has 2 N–H and O–H groups in total. The average molecular weight is 313 g/mol. The lowest BCUT2D eigenvalue weighted by Crippen LogP contribution is -2.24. The molecule has 0 aliphatic rings. The van der Waals surface area contributed by atoms with Crippen LogP contribution < -0.4 is 10.6 Å². The molecular formula is C15H31N5O2. The Bertz CT molecular complexity index is 371. The quantitative estimate of drug-likeness (QED) is 0.482. The number of nitrogens with one attached hydrogen (secondary N) is 2. The second kappa shape index (κ2) is 12.5. The van der Waals surface area contributed by atoms with E-state index in [1.54, 1.807) is 0 Å². The summed E-state index contributed by atoms with van der Waals surface area (Å²) >= 11 is 0. The van der Waals surface area contributed by atoms with Gasteiger partial charge in [-0.25, -0.2) is 4.68 Å². The second-order valence-corrected chi connectivity index (χ2v) is 5.62. The van der Waals surface area contributed by atoms with Crippen molar-refractivity contribution in [2.75, 3.05) is 53.1 Å². The molecule has 0 bridgehead atoms. The van der Waals surface area contributed by atoms with Crippen LogP contribution in [-0.2, 0) is 22.4 Å². The Balaban J connectivity index is 1.94. The van der Waals surface area contributed by atoms with E-state index in [0.717, 1.165) is 44.9 Å². The maximum Gasteiger partial charge on any atom is 0.0725 e. The number of ether oxygens (including phenoxy) is 2. The van der Waals surface area contributed by atoms with Gasteiger partial charge in [0.2, 0.25) is 0 Å². The van der Waals surface area contributed by atoms with Gasteiger partial charge in [-0.3, -0.25) is 0 Å². The molecule has 1 heterocycles.